The molecular weight excluding hydrogens is 1150 g/mol. The number of aromatic amines is 2. The second-order valence-corrected chi connectivity index (χ2v) is 22.8. The van der Waals surface area contributed by atoms with E-state index in [-0.39, 0.29) is 64.2 Å². The van der Waals surface area contributed by atoms with Gasteiger partial charge in [0.15, 0.2) is 33.8 Å². The SMILES string of the molecule is Nc1ccn([C@H]2C[C@H](OP(=O)(O)OC[C@H]3O[C@@H](n4cnc5c(N)ncnc54)C[C@@H]3O)[C@@H](COP(=O)(O)O[C@H]3C[C@H](n4cnc5c(=O)[nH]c(N)nc54)O[C@@H]3COP(=O)(O)O[C@H]3C[C@H](n4cnc5c(=O)[nH]c(N)nc54)O[C@@H]3CO)O2)c(=O)n1. The summed E-state index contributed by atoms with van der Waals surface area (Å²) in [5, 5.41) is 21.0. The van der Waals surface area contributed by atoms with Gasteiger partial charge in [-0.25, -0.2) is 43.4 Å². The summed E-state index contributed by atoms with van der Waals surface area (Å²) < 4.78 is 103. The van der Waals surface area contributed by atoms with Crippen LogP contribution in [0.15, 0.2) is 52.0 Å². The van der Waals surface area contributed by atoms with Crippen molar-refractivity contribution in [2.45, 2.75) is 99.4 Å². The van der Waals surface area contributed by atoms with Crippen LogP contribution < -0.4 is 39.7 Å². The molecule has 0 amide bonds. The standard InChI is InChI=1S/C39H49N18O21P3/c40-23-1-2-54(39(62)49-23)25-5-17(77-79(63,64)69-8-20-15(59)3-24(73-20)55-12-46-28-31(41)44-11-45-32(28)55)21(74-25)9-71-81(67,68)78-18-6-27(57-14-48-30-34(57)51-38(43)53-36(30)61)75-22(18)10-70-80(65,66)76-16-4-26(72-19(16)7-58)56-13-47-29-33(56)50-37(42)52-35(29)60/h1-2,11-22,24-27,58-59H,3-10H2,(H,63,64)(H,65,66)(H,67,68)(H2,40,49,62)(H2,41,44,45)(H3,42,50,52,60)(H3,43,51,53,61)/t15-,16-,17-,18-,19+,20+,21+,22+,24+,25+,26+,27+/m0/s1. The van der Waals surface area contributed by atoms with E-state index < -0.39 is 153 Å². The Kier molecular flexibility index (Phi) is 15.3. The molecule has 15 N–H and O–H groups in total. The Bertz CT molecular complexity index is 3840. The molecule has 0 spiro atoms. The van der Waals surface area contributed by atoms with Crippen molar-refractivity contribution in [2.75, 3.05) is 49.4 Å². The van der Waals surface area contributed by atoms with E-state index in [0.717, 1.165) is 10.9 Å². The van der Waals surface area contributed by atoms with Gasteiger partial charge in [0.25, 0.3) is 11.1 Å². The first-order valence-corrected chi connectivity index (χ1v) is 28.6. The van der Waals surface area contributed by atoms with Crippen molar-refractivity contribution in [1.82, 2.24) is 68.1 Å². The predicted octanol–water partition coefficient (Wildman–Crippen LogP) is -2.31. The monoisotopic (exact) mass is 1200 g/mol. The number of ether oxygens (including phenoxy) is 4. The van der Waals surface area contributed by atoms with E-state index in [1.807, 2.05) is 0 Å². The average molecular weight is 1200 g/mol. The third-order valence-electron chi connectivity index (χ3n) is 13.3. The molecule has 0 saturated carbocycles. The van der Waals surface area contributed by atoms with E-state index in [9.17, 15) is 53.0 Å². The molecule has 436 valence electrons. The van der Waals surface area contributed by atoms with Gasteiger partial charge in [0.05, 0.1) is 51.5 Å². The zero-order chi connectivity index (χ0) is 57.3. The van der Waals surface area contributed by atoms with Crippen LogP contribution in [0.4, 0.5) is 23.5 Å². The molecule has 0 aromatic carbocycles. The number of aliphatic hydroxyl groups is 2. The van der Waals surface area contributed by atoms with Crippen LogP contribution in [0.1, 0.15) is 50.6 Å². The number of imidazole rings is 3. The summed E-state index contributed by atoms with van der Waals surface area (Å²) in [5.74, 6) is -0.580. The number of nitrogens with two attached hydrogens (primary N) is 4. The van der Waals surface area contributed by atoms with Gasteiger partial charge in [-0.3, -0.25) is 65.0 Å². The number of phosphoric ester groups is 3. The molecule has 0 bridgehead atoms. The molecule has 11 heterocycles. The lowest BCUT2D eigenvalue weighted by atomic mass is 10.2. The van der Waals surface area contributed by atoms with Crippen LogP contribution in [0, 0.1) is 0 Å². The minimum absolute atomic E-state index is 0.00792. The number of hydrogen-bond donors (Lipinski definition) is 11. The summed E-state index contributed by atoms with van der Waals surface area (Å²) in [4.78, 5) is 108. The Balaban J connectivity index is 0.777. The van der Waals surface area contributed by atoms with Crippen LogP contribution >= 0.6 is 23.5 Å². The molecule has 0 aliphatic carbocycles. The number of nitrogens with one attached hydrogen (secondary N) is 2. The second-order valence-electron chi connectivity index (χ2n) is 18.6. The third-order valence-corrected chi connectivity index (χ3v) is 16.4. The lowest BCUT2D eigenvalue weighted by molar-refractivity contribution is -0.0628. The molecule has 7 aromatic rings. The first-order chi connectivity index (χ1) is 38.5. The third kappa shape index (κ3) is 11.8. The highest BCUT2D eigenvalue weighted by atomic mass is 31.2. The molecular formula is C39H49N18O21P3. The zero-order valence-corrected chi connectivity index (χ0v) is 44.0. The van der Waals surface area contributed by atoms with E-state index in [1.54, 1.807) is 0 Å². The zero-order valence-electron chi connectivity index (χ0n) is 41.3. The van der Waals surface area contributed by atoms with Gasteiger partial charge in [-0.2, -0.15) is 15.0 Å². The maximum absolute atomic E-state index is 14.0. The Labute approximate surface area is 449 Å². The summed E-state index contributed by atoms with van der Waals surface area (Å²) in [6.45, 7) is -3.28. The lowest BCUT2D eigenvalue weighted by Crippen LogP contribution is -2.31. The van der Waals surface area contributed by atoms with Gasteiger partial charge in [0.2, 0.25) is 11.9 Å². The van der Waals surface area contributed by atoms with Gasteiger partial charge >= 0.3 is 29.2 Å². The number of aromatic nitrogens is 14. The molecule has 81 heavy (non-hydrogen) atoms. The lowest BCUT2D eigenvalue weighted by Gasteiger charge is -2.25. The number of rotatable bonds is 20. The van der Waals surface area contributed by atoms with Crippen molar-refractivity contribution in [1.29, 1.82) is 0 Å². The minimum Gasteiger partial charge on any atom is -0.394 e. The van der Waals surface area contributed by atoms with E-state index in [2.05, 4.69) is 49.8 Å². The smallest absolute Gasteiger partial charge is 0.394 e. The van der Waals surface area contributed by atoms with Crippen LogP contribution in [0.2, 0.25) is 0 Å². The van der Waals surface area contributed by atoms with Crippen LogP contribution in [0.5, 0.6) is 0 Å². The summed E-state index contributed by atoms with van der Waals surface area (Å²) in [6.07, 6.45) is -10.6. The maximum Gasteiger partial charge on any atom is 0.472 e. The van der Waals surface area contributed by atoms with Crippen LogP contribution in [-0.4, -0.2) is 168 Å². The fourth-order valence-corrected chi connectivity index (χ4v) is 12.5. The van der Waals surface area contributed by atoms with Crippen molar-refractivity contribution in [2.24, 2.45) is 0 Å². The number of anilines is 4. The molecule has 4 saturated heterocycles. The fraction of sp³-hybridized carbons (Fsp3) is 0.513. The topological polar surface area (TPSA) is 554 Å². The number of fused-ring (bicyclic) bond motifs is 3. The van der Waals surface area contributed by atoms with Crippen LogP contribution in [0.3, 0.4) is 0 Å². The Morgan fingerprint density at radius 3 is 1.51 bits per heavy atom. The molecule has 42 heteroatoms. The Morgan fingerprint density at radius 2 is 1.00 bits per heavy atom. The summed E-state index contributed by atoms with van der Waals surface area (Å²) in [5.41, 5.74) is 21.0. The van der Waals surface area contributed by atoms with Gasteiger partial charge in [0, 0.05) is 31.9 Å². The van der Waals surface area contributed by atoms with Gasteiger partial charge in [-0.15, -0.1) is 0 Å². The van der Waals surface area contributed by atoms with Crippen molar-refractivity contribution in [3.05, 3.63) is 68.8 Å². The quantitative estimate of drug-likeness (QED) is 0.0357. The number of hydrogen-bond acceptors (Lipinski definition) is 30. The first-order valence-electron chi connectivity index (χ1n) is 24.1. The largest absolute Gasteiger partial charge is 0.472 e. The van der Waals surface area contributed by atoms with Crippen molar-refractivity contribution >= 4 is 80.5 Å². The summed E-state index contributed by atoms with van der Waals surface area (Å²) in [6, 6.07) is 1.26. The van der Waals surface area contributed by atoms with Crippen molar-refractivity contribution < 1.29 is 84.7 Å². The van der Waals surface area contributed by atoms with E-state index >= 15 is 0 Å². The number of H-pyrrole nitrogens is 2. The molecule has 15 atom stereocenters. The summed E-state index contributed by atoms with van der Waals surface area (Å²) >= 11 is 0. The highest BCUT2D eigenvalue weighted by Crippen LogP contribution is 2.54. The first kappa shape index (κ1) is 56.3. The molecule has 11 rings (SSSR count). The molecule has 0 radical (unpaired) electrons. The minimum atomic E-state index is -5.38. The molecule has 4 aliphatic heterocycles. The fourth-order valence-electron chi connectivity index (χ4n) is 9.59. The number of aliphatic hydroxyl groups excluding tert-OH is 2. The molecule has 4 fully saturated rings. The number of phosphoric acid groups is 3. The second kappa shape index (κ2) is 22.0. The van der Waals surface area contributed by atoms with Crippen molar-refractivity contribution in [3.63, 3.8) is 0 Å². The maximum atomic E-state index is 14.0. The Hall–Kier alpha value is -6.58. The Morgan fingerprint density at radius 1 is 0.568 bits per heavy atom. The van der Waals surface area contributed by atoms with Gasteiger partial charge in [-0.05, 0) is 6.07 Å². The molecule has 39 nitrogen and oxygen atoms in total. The van der Waals surface area contributed by atoms with E-state index in [4.69, 9.17) is 69.0 Å². The normalized spacial score (nSPS) is 29.2. The van der Waals surface area contributed by atoms with E-state index in [1.165, 1.54) is 44.9 Å². The van der Waals surface area contributed by atoms with E-state index in [0.29, 0.717) is 5.65 Å². The number of nitrogen functional groups attached to an aromatic ring is 4. The predicted molar refractivity (Wildman–Crippen MR) is 267 cm³/mol. The molecule has 3 unspecified atom stereocenters. The number of nitrogens with zero attached hydrogens (tertiary/aromatic N) is 12. The van der Waals surface area contributed by atoms with Crippen LogP contribution in [-0.2, 0) is 59.8 Å². The molecule has 4 aliphatic rings. The van der Waals surface area contributed by atoms with Gasteiger partial charge in [0.1, 0.15) is 85.3 Å². The van der Waals surface area contributed by atoms with Crippen molar-refractivity contribution in [3.8, 4) is 0 Å². The van der Waals surface area contributed by atoms with Gasteiger partial charge < -0.3 is 66.8 Å². The highest BCUT2D eigenvalue weighted by molar-refractivity contribution is 7.48. The van der Waals surface area contributed by atoms with Crippen LogP contribution in [0.25, 0.3) is 33.5 Å². The highest BCUT2D eigenvalue weighted by Gasteiger charge is 2.48. The molecule has 7 aromatic heterocycles. The van der Waals surface area contributed by atoms with Gasteiger partial charge in [-0.1, -0.05) is 0 Å². The summed E-state index contributed by atoms with van der Waals surface area (Å²) in [7, 11) is -15.8. The average Bonchev–Trinajstić information content (AvgIpc) is 4.28.